The standard InChI is InChI=1S/C15H18BrClN2/c1-2-12(7-10-3-4-10)19-14-6-5-11(16)8-13(14)18-15(19)9-17/h5-6,8,10,12H,2-4,7,9H2,1H3. The van der Waals surface area contributed by atoms with E-state index in [0.29, 0.717) is 11.9 Å². The van der Waals surface area contributed by atoms with E-state index in [0.717, 1.165) is 28.2 Å². The van der Waals surface area contributed by atoms with E-state index in [-0.39, 0.29) is 0 Å². The van der Waals surface area contributed by atoms with Gasteiger partial charge in [-0.3, -0.25) is 0 Å². The first-order valence-corrected chi connectivity index (χ1v) is 8.28. The second-order valence-corrected chi connectivity index (χ2v) is 6.59. The molecule has 1 fully saturated rings. The second kappa shape index (κ2) is 5.45. The molecule has 1 atom stereocenters. The van der Waals surface area contributed by atoms with E-state index in [1.807, 2.05) is 0 Å². The molecule has 1 aromatic carbocycles. The lowest BCUT2D eigenvalue weighted by Crippen LogP contribution is -2.11. The van der Waals surface area contributed by atoms with Gasteiger partial charge in [-0.1, -0.05) is 35.7 Å². The van der Waals surface area contributed by atoms with Crippen LogP contribution in [0.15, 0.2) is 22.7 Å². The molecule has 0 saturated heterocycles. The van der Waals surface area contributed by atoms with E-state index < -0.39 is 0 Å². The molecule has 102 valence electrons. The molecule has 0 amide bonds. The van der Waals surface area contributed by atoms with Crippen LogP contribution in [0.2, 0.25) is 0 Å². The first kappa shape index (κ1) is 13.4. The molecule has 0 aliphatic heterocycles. The van der Waals surface area contributed by atoms with Crippen molar-refractivity contribution in [2.45, 2.75) is 44.5 Å². The van der Waals surface area contributed by atoms with E-state index in [4.69, 9.17) is 11.6 Å². The van der Waals surface area contributed by atoms with Gasteiger partial charge in [0.25, 0.3) is 0 Å². The van der Waals surface area contributed by atoms with Gasteiger partial charge in [0.05, 0.1) is 16.9 Å². The number of alkyl halides is 1. The fourth-order valence-corrected chi connectivity index (χ4v) is 3.35. The van der Waals surface area contributed by atoms with Gasteiger partial charge < -0.3 is 4.57 Å². The number of hydrogen-bond acceptors (Lipinski definition) is 1. The number of benzene rings is 1. The SMILES string of the molecule is CCC(CC1CC1)n1c(CCl)nc2cc(Br)ccc21. The summed E-state index contributed by atoms with van der Waals surface area (Å²) in [5.41, 5.74) is 2.26. The Hall–Kier alpha value is -0.540. The van der Waals surface area contributed by atoms with Crippen molar-refractivity contribution in [3.05, 3.63) is 28.5 Å². The van der Waals surface area contributed by atoms with Gasteiger partial charge in [0.15, 0.2) is 0 Å². The van der Waals surface area contributed by atoms with Gasteiger partial charge in [-0.25, -0.2) is 4.98 Å². The van der Waals surface area contributed by atoms with Crippen molar-refractivity contribution < 1.29 is 0 Å². The molecule has 4 heteroatoms. The summed E-state index contributed by atoms with van der Waals surface area (Å²) in [7, 11) is 0. The highest BCUT2D eigenvalue weighted by Gasteiger charge is 2.27. The number of nitrogens with zero attached hydrogens (tertiary/aromatic N) is 2. The van der Waals surface area contributed by atoms with Gasteiger partial charge in [-0.05, 0) is 37.0 Å². The summed E-state index contributed by atoms with van der Waals surface area (Å²) in [6.45, 7) is 2.26. The number of aromatic nitrogens is 2. The minimum Gasteiger partial charge on any atom is -0.324 e. The normalized spacial score (nSPS) is 17.0. The van der Waals surface area contributed by atoms with Crippen LogP contribution >= 0.6 is 27.5 Å². The highest BCUT2D eigenvalue weighted by Crippen LogP contribution is 2.39. The number of rotatable bonds is 5. The minimum atomic E-state index is 0.480. The van der Waals surface area contributed by atoms with Crippen molar-refractivity contribution in [2.24, 2.45) is 5.92 Å². The second-order valence-electron chi connectivity index (χ2n) is 5.41. The van der Waals surface area contributed by atoms with Crippen molar-refractivity contribution in [1.82, 2.24) is 9.55 Å². The predicted molar refractivity (Wildman–Crippen MR) is 83.7 cm³/mol. The van der Waals surface area contributed by atoms with E-state index in [1.54, 1.807) is 0 Å². The topological polar surface area (TPSA) is 17.8 Å². The van der Waals surface area contributed by atoms with Crippen LogP contribution in [0.3, 0.4) is 0 Å². The van der Waals surface area contributed by atoms with Gasteiger partial charge in [0.2, 0.25) is 0 Å². The Morgan fingerprint density at radius 3 is 2.89 bits per heavy atom. The Morgan fingerprint density at radius 2 is 2.26 bits per heavy atom. The third-order valence-corrected chi connectivity index (χ3v) is 4.72. The third-order valence-electron chi connectivity index (χ3n) is 3.98. The Bertz CT molecular complexity index is 589. The molecule has 2 nitrogen and oxygen atoms in total. The minimum absolute atomic E-state index is 0.480. The zero-order valence-electron chi connectivity index (χ0n) is 11.1. The summed E-state index contributed by atoms with van der Waals surface area (Å²) in [4.78, 5) is 4.69. The Kier molecular flexibility index (Phi) is 3.86. The van der Waals surface area contributed by atoms with Crippen molar-refractivity contribution in [2.75, 3.05) is 0 Å². The summed E-state index contributed by atoms with van der Waals surface area (Å²) in [5, 5.41) is 0. The van der Waals surface area contributed by atoms with Crippen LogP contribution in [0.4, 0.5) is 0 Å². The lowest BCUT2D eigenvalue weighted by Gasteiger charge is -2.19. The quantitative estimate of drug-likeness (QED) is 0.676. The Morgan fingerprint density at radius 1 is 1.47 bits per heavy atom. The summed E-state index contributed by atoms with van der Waals surface area (Å²) in [5.74, 6) is 2.40. The molecule has 0 radical (unpaired) electrons. The van der Waals surface area contributed by atoms with Gasteiger partial charge in [0.1, 0.15) is 5.82 Å². The fraction of sp³-hybridized carbons (Fsp3) is 0.533. The van der Waals surface area contributed by atoms with Crippen LogP contribution in [0.5, 0.6) is 0 Å². The third kappa shape index (κ3) is 2.68. The summed E-state index contributed by atoms with van der Waals surface area (Å²) < 4.78 is 3.44. The van der Waals surface area contributed by atoms with Gasteiger partial charge in [-0.2, -0.15) is 0 Å². The van der Waals surface area contributed by atoms with Crippen LogP contribution < -0.4 is 0 Å². The van der Waals surface area contributed by atoms with Crippen molar-refractivity contribution >= 4 is 38.6 Å². The van der Waals surface area contributed by atoms with E-state index in [9.17, 15) is 0 Å². The molecular weight excluding hydrogens is 324 g/mol. The molecule has 0 bridgehead atoms. The summed E-state index contributed by atoms with van der Waals surface area (Å²) in [6.07, 6.45) is 5.19. The number of hydrogen-bond donors (Lipinski definition) is 0. The first-order valence-electron chi connectivity index (χ1n) is 6.95. The zero-order chi connectivity index (χ0) is 13.4. The molecule has 1 aromatic heterocycles. The van der Waals surface area contributed by atoms with Crippen LogP contribution in [-0.2, 0) is 5.88 Å². The maximum atomic E-state index is 6.10. The fourth-order valence-electron chi connectivity index (χ4n) is 2.82. The van der Waals surface area contributed by atoms with E-state index in [1.165, 1.54) is 24.8 Å². The van der Waals surface area contributed by atoms with Gasteiger partial charge in [-0.15, -0.1) is 11.6 Å². The average Bonchev–Trinajstić information content (AvgIpc) is 3.15. The maximum absolute atomic E-state index is 6.10. The van der Waals surface area contributed by atoms with E-state index >= 15 is 0 Å². The van der Waals surface area contributed by atoms with Crippen molar-refractivity contribution in [1.29, 1.82) is 0 Å². The largest absolute Gasteiger partial charge is 0.324 e. The Balaban J connectivity index is 2.07. The molecule has 19 heavy (non-hydrogen) atoms. The van der Waals surface area contributed by atoms with Crippen LogP contribution in [0.1, 0.15) is 44.5 Å². The van der Waals surface area contributed by atoms with Gasteiger partial charge >= 0.3 is 0 Å². The predicted octanol–water partition coefficient (Wildman–Crippen LogP) is 5.29. The van der Waals surface area contributed by atoms with Crippen molar-refractivity contribution in [3.63, 3.8) is 0 Å². The molecule has 3 rings (SSSR count). The number of halogens is 2. The lowest BCUT2D eigenvalue weighted by molar-refractivity contribution is 0.429. The average molecular weight is 342 g/mol. The molecule has 0 N–H and O–H groups in total. The van der Waals surface area contributed by atoms with Gasteiger partial charge in [0, 0.05) is 10.5 Å². The van der Waals surface area contributed by atoms with E-state index in [2.05, 4.69) is 50.6 Å². The number of imidazole rings is 1. The summed E-state index contributed by atoms with van der Waals surface area (Å²) >= 11 is 9.61. The molecule has 2 aromatic rings. The molecule has 0 spiro atoms. The molecule has 1 saturated carbocycles. The highest BCUT2D eigenvalue weighted by molar-refractivity contribution is 9.10. The molecule has 1 unspecified atom stereocenters. The summed E-state index contributed by atoms with van der Waals surface area (Å²) in [6, 6.07) is 6.85. The first-order chi connectivity index (χ1) is 9.22. The lowest BCUT2D eigenvalue weighted by atomic mass is 10.1. The molecular formula is C15H18BrClN2. The highest BCUT2D eigenvalue weighted by atomic mass is 79.9. The maximum Gasteiger partial charge on any atom is 0.125 e. The van der Waals surface area contributed by atoms with Crippen LogP contribution in [0.25, 0.3) is 11.0 Å². The molecule has 1 heterocycles. The van der Waals surface area contributed by atoms with Crippen molar-refractivity contribution in [3.8, 4) is 0 Å². The molecule has 1 aliphatic rings. The number of fused-ring (bicyclic) bond motifs is 1. The molecule has 1 aliphatic carbocycles. The Labute approximate surface area is 127 Å². The monoisotopic (exact) mass is 340 g/mol. The van der Waals surface area contributed by atoms with Crippen LogP contribution in [0, 0.1) is 5.92 Å². The zero-order valence-corrected chi connectivity index (χ0v) is 13.4. The smallest absolute Gasteiger partial charge is 0.125 e. The van der Waals surface area contributed by atoms with Crippen LogP contribution in [-0.4, -0.2) is 9.55 Å².